The number of hydrogen-bond acceptors (Lipinski definition) is 8. The molecule has 32 heavy (non-hydrogen) atoms. The number of benzene rings is 1. The Balaban J connectivity index is 1.46. The van der Waals surface area contributed by atoms with Gasteiger partial charge in [-0.2, -0.15) is 0 Å². The zero-order valence-electron chi connectivity index (χ0n) is 18.1. The van der Waals surface area contributed by atoms with Crippen LogP contribution >= 0.6 is 0 Å². The van der Waals surface area contributed by atoms with Gasteiger partial charge in [-0.25, -0.2) is 0 Å². The average Bonchev–Trinajstić information content (AvgIpc) is 3.03. The first-order valence-corrected chi connectivity index (χ1v) is 11.0. The molecule has 10 heteroatoms. The molecule has 2 aliphatic heterocycles. The molecule has 4 N–H and O–H groups in total. The van der Waals surface area contributed by atoms with E-state index in [-0.39, 0.29) is 6.42 Å². The third-order valence-corrected chi connectivity index (χ3v) is 5.41. The lowest BCUT2D eigenvalue weighted by atomic mass is 9.99. The number of rotatable bonds is 13. The van der Waals surface area contributed by atoms with Gasteiger partial charge < -0.3 is 30.4 Å². The Morgan fingerprint density at radius 3 is 2.34 bits per heavy atom. The van der Waals surface area contributed by atoms with Crippen LogP contribution in [0.2, 0.25) is 0 Å². The lowest BCUT2D eigenvalue weighted by Gasteiger charge is -2.31. The van der Waals surface area contributed by atoms with Crippen LogP contribution in [-0.2, 0) is 25.4 Å². The molecule has 0 bridgehead atoms. The van der Waals surface area contributed by atoms with E-state index in [0.717, 1.165) is 10.5 Å². The van der Waals surface area contributed by atoms with Gasteiger partial charge in [0.2, 0.25) is 5.91 Å². The van der Waals surface area contributed by atoms with Crippen molar-refractivity contribution in [3.8, 4) is 0 Å². The predicted molar refractivity (Wildman–Crippen MR) is 114 cm³/mol. The Morgan fingerprint density at radius 2 is 1.66 bits per heavy atom. The first-order valence-electron chi connectivity index (χ1n) is 11.0. The number of aliphatic hydroxyl groups excluding tert-OH is 1. The molecule has 1 fully saturated rings. The largest absolute Gasteiger partial charge is 0.379 e. The molecule has 2 unspecified atom stereocenters. The minimum Gasteiger partial charge on any atom is -0.379 e. The zero-order chi connectivity index (χ0) is 22.9. The number of nitrogens with zero attached hydrogens (tertiary/aromatic N) is 1. The van der Waals surface area contributed by atoms with Crippen molar-refractivity contribution in [3.63, 3.8) is 0 Å². The van der Waals surface area contributed by atoms with Crippen LogP contribution < -0.4 is 11.1 Å². The summed E-state index contributed by atoms with van der Waals surface area (Å²) in [6.07, 6.45) is 0.827. The van der Waals surface area contributed by atoms with Crippen LogP contribution in [0.4, 0.5) is 0 Å². The molecule has 3 amide bonds. The Hall–Kier alpha value is -2.37. The quantitative estimate of drug-likeness (QED) is 0.278. The van der Waals surface area contributed by atoms with Gasteiger partial charge in [0.05, 0.1) is 44.2 Å². The molecular weight excluding hydrogens is 418 g/mol. The Labute approximate surface area is 187 Å². The number of amides is 3. The summed E-state index contributed by atoms with van der Waals surface area (Å²) in [5.41, 5.74) is 6.76. The molecule has 0 aliphatic carbocycles. The van der Waals surface area contributed by atoms with Gasteiger partial charge in [-0.15, -0.1) is 0 Å². The van der Waals surface area contributed by atoms with Crippen molar-refractivity contribution < 1.29 is 33.7 Å². The third kappa shape index (κ3) is 5.90. The minimum absolute atomic E-state index is 0.239. The summed E-state index contributed by atoms with van der Waals surface area (Å²) < 4.78 is 16.2. The summed E-state index contributed by atoms with van der Waals surface area (Å²) in [5.74, 6) is -1.43. The van der Waals surface area contributed by atoms with Crippen molar-refractivity contribution in [3.05, 3.63) is 34.9 Å². The number of nitrogens with two attached hydrogens (primary N) is 1. The minimum atomic E-state index is -0.945. The van der Waals surface area contributed by atoms with E-state index in [0.29, 0.717) is 76.6 Å². The summed E-state index contributed by atoms with van der Waals surface area (Å²) in [5, 5.41) is 12.0. The lowest BCUT2D eigenvalue weighted by molar-refractivity contribution is -0.131. The van der Waals surface area contributed by atoms with Crippen LogP contribution in [0.25, 0.3) is 0 Å². The number of piperidine rings is 1. The van der Waals surface area contributed by atoms with Crippen LogP contribution in [0.3, 0.4) is 0 Å². The first kappa shape index (κ1) is 24.3. The fraction of sp³-hybridized carbons (Fsp3) is 0.591. The number of ether oxygens (including phenoxy) is 3. The highest BCUT2D eigenvalue weighted by Crippen LogP contribution is 2.30. The SMILES string of the molecule is NCCOCCOCCOCCCc1cccc2c1C(=O)N(C1CCC(O)NC1=O)C2=O. The maximum Gasteiger partial charge on any atom is 0.262 e. The van der Waals surface area contributed by atoms with E-state index in [1.165, 1.54) is 0 Å². The van der Waals surface area contributed by atoms with Gasteiger partial charge >= 0.3 is 0 Å². The summed E-state index contributed by atoms with van der Waals surface area (Å²) in [4.78, 5) is 39.2. The number of nitrogens with one attached hydrogen (secondary N) is 1. The lowest BCUT2D eigenvalue weighted by Crippen LogP contribution is -2.55. The smallest absolute Gasteiger partial charge is 0.262 e. The molecular formula is C22H31N3O7. The number of imide groups is 1. The number of hydrogen-bond donors (Lipinski definition) is 3. The molecule has 0 radical (unpaired) electrons. The number of aliphatic hydroxyl groups is 1. The van der Waals surface area contributed by atoms with Gasteiger partial charge in [-0.05, 0) is 37.3 Å². The molecule has 2 aliphatic rings. The molecule has 0 aromatic heterocycles. The van der Waals surface area contributed by atoms with Crippen molar-refractivity contribution in [2.24, 2.45) is 5.73 Å². The molecule has 1 aromatic carbocycles. The maximum atomic E-state index is 13.1. The maximum absolute atomic E-state index is 13.1. The molecule has 2 heterocycles. The predicted octanol–water partition coefficient (Wildman–Crippen LogP) is -0.179. The van der Waals surface area contributed by atoms with E-state index in [1.807, 2.05) is 6.07 Å². The Morgan fingerprint density at radius 1 is 0.969 bits per heavy atom. The molecule has 1 saturated heterocycles. The van der Waals surface area contributed by atoms with E-state index < -0.39 is 30.0 Å². The normalized spacial score (nSPS) is 20.6. The second-order valence-corrected chi connectivity index (χ2v) is 7.67. The van der Waals surface area contributed by atoms with Crippen molar-refractivity contribution in [2.45, 2.75) is 38.0 Å². The van der Waals surface area contributed by atoms with Crippen molar-refractivity contribution in [1.29, 1.82) is 0 Å². The standard InChI is InChI=1S/C22H31N3O7/c23-8-10-31-12-14-32-13-11-30-9-2-4-15-3-1-5-16-19(15)22(29)25(21(16)28)17-6-7-18(26)24-20(17)27/h1,3,5,17-18,26H,2,4,6-14,23H2,(H,24,27). The van der Waals surface area contributed by atoms with E-state index in [4.69, 9.17) is 19.9 Å². The summed E-state index contributed by atoms with van der Waals surface area (Å²) in [6.45, 7) is 3.42. The highest BCUT2D eigenvalue weighted by Gasteiger charge is 2.45. The second kappa shape index (κ2) is 12.0. The van der Waals surface area contributed by atoms with E-state index >= 15 is 0 Å². The molecule has 0 saturated carbocycles. The Kier molecular flexibility index (Phi) is 9.12. The van der Waals surface area contributed by atoms with E-state index in [1.54, 1.807) is 12.1 Å². The van der Waals surface area contributed by atoms with Crippen LogP contribution in [0.1, 0.15) is 45.5 Å². The van der Waals surface area contributed by atoms with Gasteiger partial charge in [-0.1, -0.05) is 12.1 Å². The topological polar surface area (TPSA) is 140 Å². The fourth-order valence-corrected chi connectivity index (χ4v) is 3.88. The summed E-state index contributed by atoms with van der Waals surface area (Å²) in [6, 6.07) is 4.28. The number of carbonyl (C=O) groups excluding carboxylic acids is 3. The van der Waals surface area contributed by atoms with Crippen molar-refractivity contribution in [2.75, 3.05) is 46.2 Å². The van der Waals surface area contributed by atoms with Crippen LogP contribution in [0.5, 0.6) is 0 Å². The molecule has 1 aromatic rings. The highest BCUT2D eigenvalue weighted by atomic mass is 16.5. The molecule has 3 rings (SSSR count). The molecule has 176 valence electrons. The fourth-order valence-electron chi connectivity index (χ4n) is 3.88. The molecule has 2 atom stereocenters. The van der Waals surface area contributed by atoms with Gasteiger partial charge in [-0.3, -0.25) is 19.3 Å². The zero-order valence-corrected chi connectivity index (χ0v) is 18.1. The van der Waals surface area contributed by atoms with Gasteiger partial charge in [0.15, 0.2) is 0 Å². The van der Waals surface area contributed by atoms with Crippen LogP contribution in [-0.4, -0.2) is 86.2 Å². The molecule has 10 nitrogen and oxygen atoms in total. The first-order chi connectivity index (χ1) is 15.5. The number of fused-ring (bicyclic) bond motifs is 1. The highest BCUT2D eigenvalue weighted by molar-refractivity contribution is 6.23. The Bertz CT molecular complexity index is 817. The average molecular weight is 450 g/mol. The van der Waals surface area contributed by atoms with Gasteiger partial charge in [0.25, 0.3) is 11.8 Å². The van der Waals surface area contributed by atoms with Crippen molar-refractivity contribution >= 4 is 17.7 Å². The van der Waals surface area contributed by atoms with Crippen LogP contribution in [0.15, 0.2) is 18.2 Å². The summed E-state index contributed by atoms with van der Waals surface area (Å²) >= 11 is 0. The van der Waals surface area contributed by atoms with Crippen LogP contribution in [0, 0.1) is 0 Å². The number of carbonyl (C=O) groups is 3. The summed E-state index contributed by atoms with van der Waals surface area (Å²) in [7, 11) is 0. The van der Waals surface area contributed by atoms with Gasteiger partial charge in [0.1, 0.15) is 12.3 Å². The third-order valence-electron chi connectivity index (χ3n) is 5.41. The van der Waals surface area contributed by atoms with Gasteiger partial charge in [0, 0.05) is 13.2 Å². The monoisotopic (exact) mass is 449 g/mol. The van der Waals surface area contributed by atoms with Crippen molar-refractivity contribution in [1.82, 2.24) is 10.2 Å². The van der Waals surface area contributed by atoms with E-state index in [2.05, 4.69) is 5.32 Å². The molecule has 0 spiro atoms. The second-order valence-electron chi connectivity index (χ2n) is 7.67. The van der Waals surface area contributed by atoms with E-state index in [9.17, 15) is 19.5 Å². The number of aryl methyl sites for hydroxylation is 1.